The number of hydrogen-bond acceptors (Lipinski definition) is 5. The summed E-state index contributed by atoms with van der Waals surface area (Å²) in [5.41, 5.74) is 0. The molecule has 19 heavy (non-hydrogen) atoms. The van der Waals surface area contributed by atoms with E-state index in [0.29, 0.717) is 6.42 Å². The molecule has 1 aliphatic rings. The summed E-state index contributed by atoms with van der Waals surface area (Å²) in [4.78, 5) is 25.4. The SMILES string of the molecule is CC(=O)C1OC(O)(CCCc2cccs2)N(C)C1=O. The van der Waals surface area contributed by atoms with Crippen molar-refractivity contribution in [3.05, 3.63) is 22.4 Å². The number of ether oxygens (including phenoxy) is 1. The number of likely N-dealkylation sites (N-methyl/N-ethyl adjacent to an activating group) is 1. The molecule has 0 spiro atoms. The van der Waals surface area contributed by atoms with E-state index >= 15 is 0 Å². The van der Waals surface area contributed by atoms with Crippen LogP contribution in [-0.4, -0.2) is 40.8 Å². The first-order valence-electron chi connectivity index (χ1n) is 6.15. The predicted molar refractivity (Wildman–Crippen MR) is 70.5 cm³/mol. The van der Waals surface area contributed by atoms with Gasteiger partial charge in [0.25, 0.3) is 11.8 Å². The minimum atomic E-state index is -1.66. The van der Waals surface area contributed by atoms with Crippen LogP contribution in [0.4, 0.5) is 0 Å². The van der Waals surface area contributed by atoms with Gasteiger partial charge in [-0.2, -0.15) is 0 Å². The number of amides is 1. The number of ketones is 1. The molecule has 1 fully saturated rings. The lowest BCUT2D eigenvalue weighted by atomic mass is 10.1. The zero-order valence-corrected chi connectivity index (χ0v) is 11.8. The topological polar surface area (TPSA) is 66.8 Å². The number of thiophene rings is 1. The van der Waals surface area contributed by atoms with E-state index in [-0.39, 0.29) is 12.2 Å². The maximum atomic E-state index is 11.8. The standard InChI is InChI=1S/C13H17NO4S/c1-9(15)11-12(16)14(2)13(17,18-11)7-3-5-10-6-4-8-19-10/h4,6,8,11,17H,3,5,7H2,1-2H3. The molecule has 6 heteroatoms. The van der Waals surface area contributed by atoms with Gasteiger partial charge in [-0.15, -0.1) is 11.3 Å². The highest BCUT2D eigenvalue weighted by atomic mass is 32.1. The molecule has 1 aromatic heterocycles. The zero-order chi connectivity index (χ0) is 14.0. The summed E-state index contributed by atoms with van der Waals surface area (Å²) in [6, 6.07) is 4.00. The summed E-state index contributed by atoms with van der Waals surface area (Å²) >= 11 is 1.65. The van der Waals surface area contributed by atoms with E-state index in [0.717, 1.165) is 11.3 Å². The molecule has 1 N–H and O–H groups in total. The number of aryl methyl sites for hydroxylation is 1. The fraction of sp³-hybridized carbons (Fsp3) is 0.538. The number of carbonyl (C=O) groups is 2. The maximum absolute atomic E-state index is 11.8. The van der Waals surface area contributed by atoms with E-state index in [9.17, 15) is 14.7 Å². The van der Waals surface area contributed by atoms with Crippen LogP contribution in [0.2, 0.25) is 0 Å². The first-order chi connectivity index (χ1) is 8.94. The van der Waals surface area contributed by atoms with Gasteiger partial charge in [0.05, 0.1) is 0 Å². The van der Waals surface area contributed by atoms with E-state index in [2.05, 4.69) is 0 Å². The highest BCUT2D eigenvalue weighted by Crippen LogP contribution is 2.30. The summed E-state index contributed by atoms with van der Waals surface area (Å²) in [5.74, 6) is -2.53. The summed E-state index contributed by atoms with van der Waals surface area (Å²) in [5, 5.41) is 12.3. The predicted octanol–water partition coefficient (Wildman–Crippen LogP) is 1.16. The van der Waals surface area contributed by atoms with Gasteiger partial charge in [-0.25, -0.2) is 0 Å². The van der Waals surface area contributed by atoms with Gasteiger partial charge in [-0.1, -0.05) is 6.07 Å². The lowest BCUT2D eigenvalue weighted by Gasteiger charge is -2.28. The van der Waals surface area contributed by atoms with Crippen LogP contribution in [0, 0.1) is 0 Å². The Labute approximate surface area is 115 Å². The van der Waals surface area contributed by atoms with E-state index in [1.165, 1.54) is 18.8 Å². The average molecular weight is 283 g/mol. The van der Waals surface area contributed by atoms with Gasteiger partial charge in [0.1, 0.15) is 0 Å². The van der Waals surface area contributed by atoms with E-state index in [1.807, 2.05) is 17.5 Å². The molecule has 0 aromatic carbocycles. The van der Waals surface area contributed by atoms with Crippen molar-refractivity contribution >= 4 is 23.0 Å². The Morgan fingerprint density at radius 3 is 2.89 bits per heavy atom. The van der Waals surface area contributed by atoms with E-state index in [4.69, 9.17) is 4.74 Å². The highest BCUT2D eigenvalue weighted by molar-refractivity contribution is 7.09. The second kappa shape index (κ2) is 5.40. The van der Waals surface area contributed by atoms with Crippen LogP contribution < -0.4 is 0 Å². The van der Waals surface area contributed by atoms with E-state index < -0.39 is 17.9 Å². The summed E-state index contributed by atoms with van der Waals surface area (Å²) in [6.45, 7) is 1.29. The fourth-order valence-corrected chi connectivity index (χ4v) is 2.85. The first-order valence-corrected chi connectivity index (χ1v) is 7.03. The molecule has 2 heterocycles. The third-order valence-electron chi connectivity index (χ3n) is 3.26. The van der Waals surface area contributed by atoms with Crippen LogP contribution in [0.3, 0.4) is 0 Å². The van der Waals surface area contributed by atoms with Crippen LogP contribution in [0.15, 0.2) is 17.5 Å². The Morgan fingerprint density at radius 2 is 2.37 bits per heavy atom. The van der Waals surface area contributed by atoms with Crippen molar-refractivity contribution in [1.29, 1.82) is 0 Å². The first kappa shape index (κ1) is 14.2. The number of hydrogen-bond donors (Lipinski definition) is 1. The van der Waals surface area contributed by atoms with Crippen molar-refractivity contribution in [1.82, 2.24) is 4.90 Å². The van der Waals surface area contributed by atoms with Crippen LogP contribution in [0.25, 0.3) is 0 Å². The normalized spacial score (nSPS) is 27.0. The molecule has 2 unspecified atom stereocenters. The third-order valence-corrected chi connectivity index (χ3v) is 4.20. The lowest BCUT2D eigenvalue weighted by Crippen LogP contribution is -2.44. The number of carbonyl (C=O) groups excluding carboxylic acids is 2. The highest BCUT2D eigenvalue weighted by Gasteiger charge is 2.50. The molecule has 1 amide bonds. The zero-order valence-electron chi connectivity index (χ0n) is 11.0. The van der Waals surface area contributed by atoms with Crippen molar-refractivity contribution < 1.29 is 19.4 Å². The Morgan fingerprint density at radius 1 is 1.63 bits per heavy atom. The minimum Gasteiger partial charge on any atom is -0.349 e. The van der Waals surface area contributed by atoms with Gasteiger partial charge in [-0.3, -0.25) is 14.5 Å². The van der Waals surface area contributed by atoms with Crippen LogP contribution >= 0.6 is 11.3 Å². The van der Waals surface area contributed by atoms with E-state index in [1.54, 1.807) is 11.3 Å². The van der Waals surface area contributed by atoms with Crippen molar-refractivity contribution in [2.45, 2.75) is 38.2 Å². The average Bonchev–Trinajstić information content (AvgIpc) is 2.93. The molecule has 2 rings (SSSR count). The van der Waals surface area contributed by atoms with Crippen LogP contribution in [0.5, 0.6) is 0 Å². The molecule has 1 saturated heterocycles. The monoisotopic (exact) mass is 283 g/mol. The fourth-order valence-electron chi connectivity index (χ4n) is 2.10. The quantitative estimate of drug-likeness (QED) is 0.824. The summed E-state index contributed by atoms with van der Waals surface area (Å²) < 4.78 is 5.24. The molecule has 0 radical (unpaired) electrons. The molecule has 104 valence electrons. The van der Waals surface area contributed by atoms with Crippen molar-refractivity contribution in [3.8, 4) is 0 Å². The van der Waals surface area contributed by atoms with Crippen molar-refractivity contribution in [2.75, 3.05) is 7.05 Å². The van der Waals surface area contributed by atoms with Crippen molar-refractivity contribution in [2.24, 2.45) is 0 Å². The molecule has 1 aromatic rings. The number of nitrogens with zero attached hydrogens (tertiary/aromatic N) is 1. The number of Topliss-reactive ketones (excluding diaryl/α,β-unsaturated/α-hetero) is 1. The van der Waals surface area contributed by atoms with Gasteiger partial charge in [-0.05, 0) is 31.2 Å². The summed E-state index contributed by atoms with van der Waals surface area (Å²) in [6.07, 6.45) is 0.614. The molecule has 2 atom stereocenters. The van der Waals surface area contributed by atoms with Crippen molar-refractivity contribution in [3.63, 3.8) is 0 Å². The molecule has 0 aliphatic carbocycles. The molecule has 0 saturated carbocycles. The largest absolute Gasteiger partial charge is 0.349 e. The Bertz CT molecular complexity index is 473. The van der Waals surface area contributed by atoms with Gasteiger partial charge < -0.3 is 9.84 Å². The second-order valence-electron chi connectivity index (χ2n) is 4.68. The molecular formula is C13H17NO4S. The second-order valence-corrected chi connectivity index (χ2v) is 5.71. The third kappa shape index (κ3) is 2.86. The summed E-state index contributed by atoms with van der Waals surface area (Å²) in [7, 11) is 1.45. The minimum absolute atomic E-state index is 0.289. The number of rotatable bonds is 5. The Hall–Kier alpha value is -1.24. The van der Waals surface area contributed by atoms with Gasteiger partial charge in [0, 0.05) is 18.3 Å². The maximum Gasteiger partial charge on any atom is 0.263 e. The Kier molecular flexibility index (Phi) is 4.03. The number of aliphatic hydroxyl groups is 1. The molecular weight excluding hydrogens is 266 g/mol. The van der Waals surface area contributed by atoms with Gasteiger partial charge >= 0.3 is 0 Å². The van der Waals surface area contributed by atoms with Crippen LogP contribution in [0.1, 0.15) is 24.6 Å². The Balaban J connectivity index is 1.95. The lowest BCUT2D eigenvalue weighted by molar-refractivity contribution is -0.251. The smallest absolute Gasteiger partial charge is 0.263 e. The molecule has 0 bridgehead atoms. The van der Waals surface area contributed by atoms with Crippen LogP contribution in [-0.2, 0) is 20.7 Å². The van der Waals surface area contributed by atoms with Gasteiger partial charge in [0.2, 0.25) is 0 Å². The molecule has 5 nitrogen and oxygen atoms in total. The van der Waals surface area contributed by atoms with Gasteiger partial charge in [0.15, 0.2) is 11.9 Å². The molecule has 1 aliphatic heterocycles.